The van der Waals surface area contributed by atoms with Gasteiger partial charge in [0.15, 0.2) is 0 Å². The van der Waals surface area contributed by atoms with Gasteiger partial charge in [-0.2, -0.15) is 0 Å². The molecule has 0 bridgehead atoms. The third kappa shape index (κ3) is 6.19. The standard InChI is InChI=1S/C25H33N3OS/c29-25(27-24-14-13-23(30-24)21-11-7-4-8-12-21)26-22-15-17-28(18-16-22)19-20-9-5-2-1-3-6-10-20/h4,7-9,11-14,22H,1-3,5-6,10,15-19H2,(H2,26,27,29)/b20-9-. The number of anilines is 1. The van der Waals surface area contributed by atoms with Gasteiger partial charge in [0.05, 0.1) is 5.00 Å². The van der Waals surface area contributed by atoms with E-state index in [-0.39, 0.29) is 12.1 Å². The number of carbonyl (C=O) groups excluding carboxylic acids is 1. The van der Waals surface area contributed by atoms with Crippen molar-refractivity contribution in [2.24, 2.45) is 0 Å². The minimum atomic E-state index is -0.0855. The maximum absolute atomic E-state index is 12.5. The van der Waals surface area contributed by atoms with Gasteiger partial charge >= 0.3 is 6.03 Å². The molecule has 0 spiro atoms. The van der Waals surface area contributed by atoms with Crippen LogP contribution in [-0.4, -0.2) is 36.6 Å². The van der Waals surface area contributed by atoms with Gasteiger partial charge in [-0.1, -0.05) is 54.8 Å². The quantitative estimate of drug-likeness (QED) is 0.556. The third-order valence-electron chi connectivity index (χ3n) is 6.14. The second-order valence-electron chi connectivity index (χ2n) is 8.49. The van der Waals surface area contributed by atoms with Crippen molar-refractivity contribution in [1.29, 1.82) is 0 Å². The summed E-state index contributed by atoms with van der Waals surface area (Å²) in [4.78, 5) is 16.2. The Kier molecular flexibility index (Phi) is 7.59. The molecule has 0 saturated carbocycles. The highest BCUT2D eigenvalue weighted by Crippen LogP contribution is 2.31. The highest BCUT2D eigenvalue weighted by molar-refractivity contribution is 7.19. The molecule has 1 aliphatic carbocycles. The molecule has 2 aromatic rings. The summed E-state index contributed by atoms with van der Waals surface area (Å²) in [5, 5.41) is 7.08. The van der Waals surface area contributed by atoms with Crippen molar-refractivity contribution in [1.82, 2.24) is 10.2 Å². The number of benzene rings is 1. The maximum Gasteiger partial charge on any atom is 0.320 e. The first-order valence-corrected chi connectivity index (χ1v) is 12.2. The molecule has 4 rings (SSSR count). The highest BCUT2D eigenvalue weighted by atomic mass is 32.1. The van der Waals surface area contributed by atoms with Crippen molar-refractivity contribution in [2.75, 3.05) is 25.0 Å². The smallest absolute Gasteiger partial charge is 0.320 e. The van der Waals surface area contributed by atoms with Crippen molar-refractivity contribution in [2.45, 2.75) is 57.4 Å². The number of carbonyl (C=O) groups is 1. The fourth-order valence-electron chi connectivity index (χ4n) is 4.42. The SMILES string of the molecule is O=C(Nc1ccc(-c2ccccc2)s1)NC1CCN(C/C2=C\CCCCCC2)CC1. The fraction of sp³-hybridized carbons (Fsp3) is 0.480. The normalized spacial score (nSPS) is 20.6. The largest absolute Gasteiger partial charge is 0.335 e. The molecule has 160 valence electrons. The fourth-order valence-corrected chi connectivity index (χ4v) is 5.33. The van der Waals surface area contributed by atoms with E-state index in [2.05, 4.69) is 39.8 Å². The Morgan fingerprint density at radius 1 is 1.00 bits per heavy atom. The number of nitrogens with zero attached hydrogens (tertiary/aromatic N) is 1. The summed E-state index contributed by atoms with van der Waals surface area (Å²) in [6.45, 7) is 3.26. The molecule has 0 radical (unpaired) electrons. The Bertz CT molecular complexity index is 837. The van der Waals surface area contributed by atoms with Crippen molar-refractivity contribution < 1.29 is 4.79 Å². The number of thiophene rings is 1. The summed E-state index contributed by atoms with van der Waals surface area (Å²) in [5.41, 5.74) is 2.81. The average Bonchev–Trinajstić information content (AvgIpc) is 3.20. The molecule has 30 heavy (non-hydrogen) atoms. The number of likely N-dealkylation sites (tertiary alicyclic amines) is 1. The van der Waals surface area contributed by atoms with E-state index in [0.717, 1.165) is 37.5 Å². The molecule has 0 atom stereocenters. The van der Waals surface area contributed by atoms with E-state index in [9.17, 15) is 4.79 Å². The van der Waals surface area contributed by atoms with Crippen LogP contribution in [0.5, 0.6) is 0 Å². The first-order chi connectivity index (χ1) is 14.8. The van der Waals surface area contributed by atoms with E-state index < -0.39 is 0 Å². The molecule has 2 heterocycles. The first-order valence-electron chi connectivity index (χ1n) is 11.4. The van der Waals surface area contributed by atoms with Crippen LogP contribution in [0.2, 0.25) is 0 Å². The number of allylic oxidation sites excluding steroid dienone is 1. The Hall–Kier alpha value is -2.11. The molecule has 1 fully saturated rings. The summed E-state index contributed by atoms with van der Waals surface area (Å²) in [7, 11) is 0. The summed E-state index contributed by atoms with van der Waals surface area (Å²) in [6, 6.07) is 14.5. The minimum absolute atomic E-state index is 0.0855. The molecule has 1 saturated heterocycles. The van der Waals surface area contributed by atoms with Crippen molar-refractivity contribution in [3.05, 3.63) is 54.1 Å². The van der Waals surface area contributed by atoms with Crippen LogP contribution in [0.1, 0.15) is 51.4 Å². The van der Waals surface area contributed by atoms with Crippen LogP contribution in [0.3, 0.4) is 0 Å². The van der Waals surface area contributed by atoms with Gasteiger partial charge < -0.3 is 5.32 Å². The monoisotopic (exact) mass is 423 g/mol. The van der Waals surface area contributed by atoms with E-state index in [1.165, 1.54) is 49.0 Å². The Labute approximate surface area is 184 Å². The molecular weight excluding hydrogens is 390 g/mol. The van der Waals surface area contributed by atoms with Gasteiger partial charge in [0.2, 0.25) is 0 Å². The van der Waals surface area contributed by atoms with E-state index >= 15 is 0 Å². The van der Waals surface area contributed by atoms with Gasteiger partial charge in [-0.3, -0.25) is 10.2 Å². The second kappa shape index (κ2) is 10.8. The lowest BCUT2D eigenvalue weighted by Crippen LogP contribution is -2.46. The summed E-state index contributed by atoms with van der Waals surface area (Å²) < 4.78 is 0. The topological polar surface area (TPSA) is 44.4 Å². The lowest BCUT2D eigenvalue weighted by Gasteiger charge is -2.33. The Morgan fingerprint density at radius 3 is 2.63 bits per heavy atom. The van der Waals surface area contributed by atoms with Gasteiger partial charge in [0, 0.05) is 30.6 Å². The molecule has 1 aliphatic heterocycles. The highest BCUT2D eigenvalue weighted by Gasteiger charge is 2.21. The predicted molar refractivity (Wildman–Crippen MR) is 127 cm³/mol. The first kappa shape index (κ1) is 21.1. The van der Waals surface area contributed by atoms with E-state index in [4.69, 9.17) is 0 Å². The number of urea groups is 1. The van der Waals surface area contributed by atoms with Crippen LogP contribution in [0.15, 0.2) is 54.1 Å². The molecule has 2 amide bonds. The molecule has 1 aromatic carbocycles. The molecule has 5 heteroatoms. The van der Waals surface area contributed by atoms with Crippen molar-refractivity contribution >= 4 is 22.4 Å². The lowest BCUT2D eigenvalue weighted by molar-refractivity contribution is 0.205. The summed E-state index contributed by atoms with van der Waals surface area (Å²) >= 11 is 1.61. The van der Waals surface area contributed by atoms with Crippen molar-refractivity contribution in [3.63, 3.8) is 0 Å². The minimum Gasteiger partial charge on any atom is -0.335 e. The molecule has 4 nitrogen and oxygen atoms in total. The number of nitrogens with one attached hydrogen (secondary N) is 2. The molecule has 2 N–H and O–H groups in total. The zero-order chi connectivity index (χ0) is 20.6. The zero-order valence-corrected chi connectivity index (χ0v) is 18.6. The van der Waals surface area contributed by atoms with Crippen LogP contribution >= 0.6 is 11.3 Å². The molecule has 1 aromatic heterocycles. The summed E-state index contributed by atoms with van der Waals surface area (Å²) in [5.74, 6) is 0. The molecular formula is C25H33N3OS. The number of hydrogen-bond acceptors (Lipinski definition) is 3. The van der Waals surface area contributed by atoms with Crippen LogP contribution in [0, 0.1) is 0 Å². The summed E-state index contributed by atoms with van der Waals surface area (Å²) in [6.07, 6.45) is 12.5. The van der Waals surface area contributed by atoms with Crippen LogP contribution in [0.4, 0.5) is 9.80 Å². The third-order valence-corrected chi connectivity index (χ3v) is 7.19. The predicted octanol–water partition coefficient (Wildman–Crippen LogP) is 6.28. The van der Waals surface area contributed by atoms with E-state index in [1.54, 1.807) is 16.9 Å². The number of hydrogen-bond donors (Lipinski definition) is 2. The van der Waals surface area contributed by atoms with Gasteiger partial charge in [-0.25, -0.2) is 4.79 Å². The second-order valence-corrected chi connectivity index (χ2v) is 9.58. The zero-order valence-electron chi connectivity index (χ0n) is 17.7. The Balaban J connectivity index is 1.20. The number of piperidine rings is 1. The van der Waals surface area contributed by atoms with Crippen LogP contribution in [-0.2, 0) is 0 Å². The van der Waals surface area contributed by atoms with E-state index in [1.807, 2.05) is 24.3 Å². The van der Waals surface area contributed by atoms with Gasteiger partial charge in [0.1, 0.15) is 0 Å². The van der Waals surface area contributed by atoms with Crippen LogP contribution in [0.25, 0.3) is 10.4 Å². The van der Waals surface area contributed by atoms with Gasteiger partial charge in [0.25, 0.3) is 0 Å². The van der Waals surface area contributed by atoms with Crippen molar-refractivity contribution in [3.8, 4) is 10.4 Å². The maximum atomic E-state index is 12.5. The van der Waals surface area contributed by atoms with Gasteiger partial charge in [-0.05, 0) is 56.2 Å². The average molecular weight is 424 g/mol. The van der Waals surface area contributed by atoms with Crippen LogP contribution < -0.4 is 10.6 Å². The molecule has 0 unspecified atom stereocenters. The Morgan fingerprint density at radius 2 is 1.80 bits per heavy atom. The van der Waals surface area contributed by atoms with Gasteiger partial charge in [-0.15, -0.1) is 11.3 Å². The van der Waals surface area contributed by atoms with E-state index in [0.29, 0.717) is 0 Å². The number of rotatable bonds is 5. The number of amides is 2. The molecule has 2 aliphatic rings. The lowest BCUT2D eigenvalue weighted by atomic mass is 9.98.